The smallest absolute Gasteiger partial charge is 0.231 e. The maximum atomic E-state index is 13.4. The van der Waals surface area contributed by atoms with Gasteiger partial charge in [-0.1, -0.05) is 30.3 Å². The fraction of sp³-hybridized carbons (Fsp3) is 0.227. The molecule has 154 valence electrons. The van der Waals surface area contributed by atoms with Crippen LogP contribution in [0.4, 0.5) is 13.9 Å². The lowest BCUT2D eigenvalue weighted by Gasteiger charge is -2.16. The molecule has 0 bridgehead atoms. The van der Waals surface area contributed by atoms with Crippen molar-refractivity contribution in [3.8, 4) is 11.3 Å². The molecule has 5 nitrogen and oxygen atoms in total. The molecule has 1 N–H and O–H groups in total. The van der Waals surface area contributed by atoms with Crippen LogP contribution in [-0.2, 0) is 16.0 Å². The highest BCUT2D eigenvalue weighted by Gasteiger charge is 2.34. The van der Waals surface area contributed by atoms with Gasteiger partial charge in [-0.2, -0.15) is 0 Å². The number of likely N-dealkylation sites (tertiary alicyclic amines) is 1. The number of halogens is 2. The van der Waals surface area contributed by atoms with Crippen LogP contribution in [0.1, 0.15) is 12.0 Å². The molecule has 1 aliphatic rings. The van der Waals surface area contributed by atoms with E-state index in [-0.39, 0.29) is 18.2 Å². The van der Waals surface area contributed by atoms with Crippen molar-refractivity contribution in [2.75, 3.05) is 18.4 Å². The molecule has 0 spiro atoms. The van der Waals surface area contributed by atoms with Gasteiger partial charge in [-0.25, -0.2) is 13.8 Å². The molecule has 30 heavy (non-hydrogen) atoms. The molecular formula is C22H19F2N3O2S. The fourth-order valence-electron chi connectivity index (χ4n) is 3.40. The Hall–Kier alpha value is -3.13. The van der Waals surface area contributed by atoms with E-state index in [1.807, 2.05) is 30.3 Å². The summed E-state index contributed by atoms with van der Waals surface area (Å²) in [7, 11) is 0. The molecule has 2 heterocycles. The molecule has 1 aliphatic heterocycles. The number of carbonyl (C=O) groups is 2. The Labute approximate surface area is 176 Å². The number of carbonyl (C=O) groups excluding carboxylic acids is 2. The van der Waals surface area contributed by atoms with E-state index in [0.717, 1.165) is 24.1 Å². The molecule has 8 heteroatoms. The molecule has 1 fully saturated rings. The van der Waals surface area contributed by atoms with Crippen LogP contribution in [0.25, 0.3) is 11.3 Å². The van der Waals surface area contributed by atoms with E-state index in [1.165, 1.54) is 17.4 Å². The zero-order valence-electron chi connectivity index (χ0n) is 16.0. The highest BCUT2D eigenvalue weighted by molar-refractivity contribution is 7.14. The first-order valence-electron chi connectivity index (χ1n) is 9.53. The summed E-state index contributed by atoms with van der Waals surface area (Å²) in [5.74, 6) is -2.62. The van der Waals surface area contributed by atoms with Crippen LogP contribution >= 0.6 is 11.3 Å². The second kappa shape index (κ2) is 8.71. The highest BCUT2D eigenvalue weighted by Crippen LogP contribution is 2.27. The largest absolute Gasteiger partial charge is 0.342 e. The minimum atomic E-state index is -0.953. The van der Waals surface area contributed by atoms with Gasteiger partial charge in [0, 0.05) is 30.5 Å². The number of nitrogens with zero attached hydrogens (tertiary/aromatic N) is 2. The Bertz CT molecular complexity index is 1070. The van der Waals surface area contributed by atoms with Gasteiger partial charge in [0.1, 0.15) is 0 Å². The second-order valence-corrected chi connectivity index (χ2v) is 7.99. The predicted octanol–water partition coefficient (Wildman–Crippen LogP) is 4.12. The van der Waals surface area contributed by atoms with Crippen molar-refractivity contribution in [1.82, 2.24) is 9.88 Å². The summed E-state index contributed by atoms with van der Waals surface area (Å²) in [4.78, 5) is 30.9. The maximum absolute atomic E-state index is 13.4. The van der Waals surface area contributed by atoms with E-state index in [4.69, 9.17) is 0 Å². The minimum absolute atomic E-state index is 0.0345. The van der Waals surface area contributed by atoms with E-state index in [2.05, 4.69) is 10.3 Å². The van der Waals surface area contributed by atoms with Crippen LogP contribution < -0.4 is 5.32 Å². The van der Waals surface area contributed by atoms with Crippen molar-refractivity contribution in [3.63, 3.8) is 0 Å². The number of aromatic nitrogens is 1. The summed E-state index contributed by atoms with van der Waals surface area (Å²) >= 11 is 1.19. The summed E-state index contributed by atoms with van der Waals surface area (Å²) in [6.07, 6.45) is 0.910. The van der Waals surface area contributed by atoms with E-state index in [9.17, 15) is 18.4 Å². The third kappa shape index (κ3) is 4.54. The first-order chi connectivity index (χ1) is 14.5. The molecule has 2 amide bonds. The number of benzene rings is 2. The lowest BCUT2D eigenvalue weighted by atomic mass is 10.1. The molecule has 0 saturated carbocycles. The van der Waals surface area contributed by atoms with Gasteiger partial charge in [0.2, 0.25) is 11.8 Å². The standard InChI is InChI=1S/C22H19F2N3O2S/c23-17-7-6-15(10-18(17)24)19-13-30-22(25-19)26-21(29)16-11-20(28)27(12-16)9-8-14-4-2-1-3-5-14/h1-7,10,13,16H,8-9,11-12H2,(H,25,26,29)/t16-/m0/s1. The predicted molar refractivity (Wildman–Crippen MR) is 111 cm³/mol. The lowest BCUT2D eigenvalue weighted by molar-refractivity contribution is -0.128. The van der Waals surface area contributed by atoms with E-state index >= 15 is 0 Å². The summed E-state index contributed by atoms with van der Waals surface area (Å²) < 4.78 is 26.5. The van der Waals surface area contributed by atoms with Crippen molar-refractivity contribution in [2.45, 2.75) is 12.8 Å². The normalized spacial score (nSPS) is 16.1. The summed E-state index contributed by atoms with van der Waals surface area (Å²) in [6.45, 7) is 0.947. The SMILES string of the molecule is O=C(Nc1nc(-c2ccc(F)c(F)c2)cs1)[C@H]1CC(=O)N(CCc2ccccc2)C1. The number of rotatable bonds is 6. The molecule has 0 unspecified atom stereocenters. The third-order valence-electron chi connectivity index (χ3n) is 5.05. The number of hydrogen-bond donors (Lipinski definition) is 1. The number of thiazole rings is 1. The lowest BCUT2D eigenvalue weighted by Crippen LogP contribution is -2.30. The van der Waals surface area contributed by atoms with Gasteiger partial charge >= 0.3 is 0 Å². The van der Waals surface area contributed by atoms with Crippen LogP contribution in [0.5, 0.6) is 0 Å². The van der Waals surface area contributed by atoms with Gasteiger partial charge in [0.25, 0.3) is 0 Å². The molecule has 2 aromatic carbocycles. The summed E-state index contributed by atoms with van der Waals surface area (Å²) in [6, 6.07) is 13.4. The second-order valence-electron chi connectivity index (χ2n) is 7.13. The molecule has 1 atom stereocenters. The topological polar surface area (TPSA) is 62.3 Å². The van der Waals surface area contributed by atoms with Crippen LogP contribution in [-0.4, -0.2) is 34.8 Å². The van der Waals surface area contributed by atoms with Crippen molar-refractivity contribution in [1.29, 1.82) is 0 Å². The third-order valence-corrected chi connectivity index (χ3v) is 5.81. The van der Waals surface area contributed by atoms with Gasteiger partial charge in [-0.05, 0) is 30.2 Å². The van der Waals surface area contributed by atoms with Gasteiger partial charge in [-0.15, -0.1) is 11.3 Å². The number of nitrogens with one attached hydrogen (secondary N) is 1. The zero-order chi connectivity index (χ0) is 21.1. The van der Waals surface area contributed by atoms with E-state index < -0.39 is 17.6 Å². The molecule has 0 aliphatic carbocycles. The molecule has 3 aromatic rings. The number of hydrogen-bond acceptors (Lipinski definition) is 4. The zero-order valence-corrected chi connectivity index (χ0v) is 16.8. The fourth-order valence-corrected chi connectivity index (χ4v) is 4.12. The Morgan fingerprint density at radius 3 is 2.73 bits per heavy atom. The first kappa shape index (κ1) is 20.2. The Kier molecular flexibility index (Phi) is 5.85. The van der Waals surface area contributed by atoms with Crippen LogP contribution in [0, 0.1) is 17.6 Å². The van der Waals surface area contributed by atoms with E-state index in [0.29, 0.717) is 29.5 Å². The maximum Gasteiger partial charge on any atom is 0.231 e. The molecular weight excluding hydrogens is 408 g/mol. The Morgan fingerprint density at radius 2 is 1.97 bits per heavy atom. The summed E-state index contributed by atoms with van der Waals surface area (Å²) in [5.41, 5.74) is 2.01. The van der Waals surface area contributed by atoms with Crippen LogP contribution in [0.15, 0.2) is 53.9 Å². The van der Waals surface area contributed by atoms with Crippen LogP contribution in [0.2, 0.25) is 0 Å². The Balaban J connectivity index is 1.34. The minimum Gasteiger partial charge on any atom is -0.342 e. The summed E-state index contributed by atoms with van der Waals surface area (Å²) in [5, 5.41) is 4.75. The van der Waals surface area contributed by atoms with Gasteiger partial charge in [-0.3, -0.25) is 9.59 Å². The molecule has 0 radical (unpaired) electrons. The average molecular weight is 427 g/mol. The van der Waals surface area contributed by atoms with Gasteiger partial charge in [0.05, 0.1) is 11.6 Å². The van der Waals surface area contributed by atoms with E-state index in [1.54, 1.807) is 10.3 Å². The first-order valence-corrected chi connectivity index (χ1v) is 10.4. The van der Waals surface area contributed by atoms with Crippen molar-refractivity contribution in [2.24, 2.45) is 5.92 Å². The van der Waals surface area contributed by atoms with Gasteiger partial charge in [0.15, 0.2) is 16.8 Å². The quantitative estimate of drug-likeness (QED) is 0.644. The Morgan fingerprint density at radius 1 is 1.17 bits per heavy atom. The molecule has 4 rings (SSSR count). The van der Waals surface area contributed by atoms with Crippen LogP contribution in [0.3, 0.4) is 0 Å². The average Bonchev–Trinajstić information content (AvgIpc) is 3.36. The number of amides is 2. The molecule has 1 aromatic heterocycles. The van der Waals surface area contributed by atoms with Crippen molar-refractivity contribution >= 4 is 28.3 Å². The van der Waals surface area contributed by atoms with Gasteiger partial charge < -0.3 is 10.2 Å². The molecule has 1 saturated heterocycles. The number of anilines is 1. The van der Waals surface area contributed by atoms with Crippen molar-refractivity contribution in [3.05, 3.63) is 71.1 Å². The van der Waals surface area contributed by atoms with Crippen molar-refractivity contribution < 1.29 is 18.4 Å². The highest BCUT2D eigenvalue weighted by atomic mass is 32.1. The monoisotopic (exact) mass is 427 g/mol.